The van der Waals surface area contributed by atoms with Crippen LogP contribution in [0.1, 0.15) is 183 Å². The normalized spacial score (nSPS) is 17.8. The summed E-state index contributed by atoms with van der Waals surface area (Å²) in [7, 11) is 0. The van der Waals surface area contributed by atoms with Gasteiger partial charge in [-0.1, -0.05) is 56.1 Å². The first-order chi connectivity index (χ1) is 27.7. The number of rotatable bonds is 15. The number of aliphatic hydroxyl groups is 2. The fourth-order valence-corrected chi connectivity index (χ4v) is 8.89. The van der Waals surface area contributed by atoms with Crippen molar-refractivity contribution >= 4 is 51.1 Å². The molecule has 0 fully saturated rings. The second kappa shape index (κ2) is 18.3. The van der Waals surface area contributed by atoms with Crippen LogP contribution in [-0.4, -0.2) is 48.8 Å². The number of aromatic amines is 2. The van der Waals surface area contributed by atoms with Gasteiger partial charge in [-0.05, 0) is 146 Å². The summed E-state index contributed by atoms with van der Waals surface area (Å²) in [5.74, 6) is -0.0346. The van der Waals surface area contributed by atoms with Crippen LogP contribution >= 0.6 is 0 Å². The molecule has 0 saturated heterocycles. The van der Waals surface area contributed by atoms with Crippen LogP contribution in [0.5, 0.6) is 0 Å². The van der Waals surface area contributed by atoms with Crippen LogP contribution in [0.2, 0.25) is 0 Å². The first kappa shape index (κ1) is 42.7. The Balaban J connectivity index is 1.34. The van der Waals surface area contributed by atoms with Crippen LogP contribution in [0.25, 0.3) is 45.2 Å². The van der Waals surface area contributed by atoms with Crippen LogP contribution in [0, 0.1) is 0 Å². The smallest absolute Gasteiger partial charge is 0.306 e. The highest BCUT2D eigenvalue weighted by atomic mass is 16.5. The molecule has 6 rings (SSSR count). The molecule has 0 saturated carbocycles. The monoisotopic (exact) mass is 784 g/mol. The third kappa shape index (κ3) is 9.02. The molecule has 0 amide bonds. The highest BCUT2D eigenvalue weighted by molar-refractivity contribution is 6.02. The van der Waals surface area contributed by atoms with Crippen molar-refractivity contribution in [2.24, 2.45) is 0 Å². The van der Waals surface area contributed by atoms with E-state index in [1.807, 2.05) is 25.1 Å². The highest BCUT2D eigenvalue weighted by Gasteiger charge is 2.34. The topological polar surface area (TPSA) is 124 Å². The Morgan fingerprint density at radius 3 is 2.28 bits per heavy atom. The highest BCUT2D eigenvalue weighted by Crippen LogP contribution is 2.46. The Labute approximate surface area is 345 Å². The van der Waals surface area contributed by atoms with Crippen LogP contribution in [-0.2, 0) is 16.0 Å². The molecule has 0 spiro atoms. The lowest BCUT2D eigenvalue weighted by molar-refractivity contribution is -0.142. The summed E-state index contributed by atoms with van der Waals surface area (Å²) in [6.07, 6.45) is 15.3. The van der Waals surface area contributed by atoms with E-state index in [0.29, 0.717) is 6.42 Å². The van der Waals surface area contributed by atoms with Crippen molar-refractivity contribution in [1.82, 2.24) is 19.9 Å². The molecule has 1 aliphatic carbocycles. The number of aryl methyl sites for hydroxylation is 1. The number of aromatic nitrogens is 4. The van der Waals surface area contributed by atoms with Gasteiger partial charge in [-0.2, -0.15) is 0 Å². The van der Waals surface area contributed by atoms with Gasteiger partial charge in [0.1, 0.15) is 12.4 Å². The van der Waals surface area contributed by atoms with E-state index >= 15 is 0 Å². The lowest BCUT2D eigenvalue weighted by Crippen LogP contribution is -2.10. The number of carbonyl (C=O) groups excluding carboxylic acids is 1. The molecule has 8 nitrogen and oxygen atoms in total. The van der Waals surface area contributed by atoms with Gasteiger partial charge in [-0.15, -0.1) is 0 Å². The van der Waals surface area contributed by atoms with Crippen molar-refractivity contribution in [2.75, 3.05) is 6.61 Å². The minimum atomic E-state index is -0.716. The predicted molar refractivity (Wildman–Crippen MR) is 241 cm³/mol. The van der Waals surface area contributed by atoms with Crippen molar-refractivity contribution in [1.29, 1.82) is 0 Å². The first-order valence-electron chi connectivity index (χ1n) is 21.4. The minimum Gasteiger partial charge on any atom is -0.507 e. The fraction of sp³-hybridized carbons (Fsp3) is 0.460. The SMILES string of the molecule is CCCC1=C(C)c2cc3nc(cc4[nH]c(c5c6[nH]c(cc1n2)c(CC)c6C(O)=C5)[C@@H](CCC(=O)OC/C=C(\C)CC/C=C(\C)CCC=C(C)C)[C@@H]4C)C(C)=C3C(C)O. The van der Waals surface area contributed by atoms with Crippen LogP contribution in [0.4, 0.5) is 0 Å². The van der Waals surface area contributed by atoms with Gasteiger partial charge in [0.25, 0.3) is 0 Å². The zero-order chi connectivity index (χ0) is 41.8. The summed E-state index contributed by atoms with van der Waals surface area (Å²) in [6, 6.07) is 6.24. The van der Waals surface area contributed by atoms with E-state index in [1.54, 1.807) is 6.92 Å². The lowest BCUT2D eigenvalue weighted by Gasteiger charge is -2.17. The molecule has 58 heavy (non-hydrogen) atoms. The quantitative estimate of drug-likeness (QED) is 0.105. The van der Waals surface area contributed by atoms with Crippen molar-refractivity contribution in [3.8, 4) is 0 Å². The fourth-order valence-electron chi connectivity index (χ4n) is 8.89. The Bertz CT molecular complexity index is 2330. The number of aliphatic hydroxyl groups excluding tert-OH is 2. The summed E-state index contributed by atoms with van der Waals surface area (Å²) in [5, 5.41) is 22.6. The molecule has 8 bridgehead atoms. The van der Waals surface area contributed by atoms with Gasteiger partial charge in [-0.3, -0.25) is 4.79 Å². The van der Waals surface area contributed by atoms with Crippen LogP contribution in [0.3, 0.4) is 0 Å². The molecule has 4 N–H and O–H groups in total. The third-order valence-electron chi connectivity index (χ3n) is 12.2. The summed E-state index contributed by atoms with van der Waals surface area (Å²) in [6.45, 7) is 21.2. The first-order valence-corrected chi connectivity index (χ1v) is 21.4. The molecule has 2 aromatic heterocycles. The molecule has 308 valence electrons. The molecule has 2 aromatic rings. The van der Waals surface area contributed by atoms with Crippen LogP contribution in [0.15, 0.2) is 53.1 Å². The standard InChI is InChI=1S/C50H64N4O4/c1-11-15-36-31(7)39-26-44-47(34(10)55)33(9)41(52-44)25-40-32(8)37(20-21-46(57)58-23-22-30(6)19-14-18-29(5)17-13-16-28(3)4)49(53-40)38-24-45(56)48-35(12-2)42(54-50(38)48)27-43(36)51-39/h16,18,22,24-27,32,34,37,53-56H,11-15,17,19-21,23H2,1-10H3/b29-18+,30-22+,40-25?,43-27?,44-26?,49-38?/t32-,34?,37-/m0/s1. The van der Waals surface area contributed by atoms with E-state index in [4.69, 9.17) is 14.7 Å². The lowest BCUT2D eigenvalue weighted by atomic mass is 9.86. The van der Waals surface area contributed by atoms with E-state index in [-0.39, 0.29) is 36.6 Å². The average Bonchev–Trinajstić information content (AvgIpc) is 3.93. The number of hydrogen-bond acceptors (Lipinski definition) is 6. The average molecular weight is 785 g/mol. The molecule has 8 heteroatoms. The Kier molecular flexibility index (Phi) is 13.5. The maximum Gasteiger partial charge on any atom is 0.306 e. The third-order valence-corrected chi connectivity index (χ3v) is 12.2. The van der Waals surface area contributed by atoms with E-state index in [9.17, 15) is 15.0 Å². The van der Waals surface area contributed by atoms with E-state index in [0.717, 1.165) is 124 Å². The molecule has 3 atom stereocenters. The number of carbonyl (C=O) groups is 1. The Morgan fingerprint density at radius 2 is 1.59 bits per heavy atom. The van der Waals surface area contributed by atoms with Gasteiger partial charge >= 0.3 is 5.97 Å². The molecule has 4 aliphatic rings. The summed E-state index contributed by atoms with van der Waals surface area (Å²) in [5.41, 5.74) is 17.8. The number of esters is 1. The zero-order valence-electron chi connectivity index (χ0n) is 36.4. The second-order valence-corrected chi connectivity index (χ2v) is 16.9. The summed E-state index contributed by atoms with van der Waals surface area (Å²) in [4.78, 5) is 31.0. The number of nitrogens with one attached hydrogen (secondary N) is 2. The van der Waals surface area contributed by atoms with Gasteiger partial charge in [0, 0.05) is 51.9 Å². The van der Waals surface area contributed by atoms with Crippen molar-refractivity contribution in [3.05, 3.63) is 104 Å². The van der Waals surface area contributed by atoms with Gasteiger partial charge in [0.2, 0.25) is 0 Å². The van der Waals surface area contributed by atoms with Gasteiger partial charge in [0.05, 0.1) is 34.4 Å². The molecule has 0 radical (unpaired) electrons. The number of ether oxygens (including phenoxy) is 1. The number of allylic oxidation sites excluding steroid dienone is 8. The summed E-state index contributed by atoms with van der Waals surface area (Å²) < 4.78 is 5.75. The van der Waals surface area contributed by atoms with Crippen molar-refractivity contribution in [3.63, 3.8) is 0 Å². The summed E-state index contributed by atoms with van der Waals surface area (Å²) >= 11 is 0. The van der Waals surface area contributed by atoms with Gasteiger partial charge in [0.15, 0.2) is 0 Å². The van der Waals surface area contributed by atoms with E-state index < -0.39 is 6.10 Å². The molecule has 1 unspecified atom stereocenters. The number of fused-ring (bicyclic) bond motifs is 8. The maximum absolute atomic E-state index is 13.3. The molecule has 3 aliphatic heterocycles. The van der Waals surface area contributed by atoms with Crippen molar-refractivity contribution in [2.45, 2.75) is 145 Å². The number of nitrogens with zero attached hydrogens (tertiary/aromatic N) is 2. The van der Waals surface area contributed by atoms with Crippen LogP contribution < -0.4 is 0 Å². The molecular formula is C50H64N4O4. The second-order valence-electron chi connectivity index (χ2n) is 16.9. The van der Waals surface area contributed by atoms with Gasteiger partial charge in [-0.25, -0.2) is 9.97 Å². The maximum atomic E-state index is 13.3. The van der Waals surface area contributed by atoms with E-state index in [1.165, 1.54) is 22.3 Å². The van der Waals surface area contributed by atoms with Gasteiger partial charge < -0.3 is 24.9 Å². The Hall–Kier alpha value is -4.95. The van der Waals surface area contributed by atoms with E-state index in [2.05, 4.69) is 89.6 Å². The zero-order valence-corrected chi connectivity index (χ0v) is 36.4. The predicted octanol–water partition coefficient (Wildman–Crippen LogP) is 12.6. The number of hydrogen-bond donors (Lipinski definition) is 4. The minimum absolute atomic E-state index is 0.00846. The number of H-pyrrole nitrogens is 2. The Morgan fingerprint density at radius 1 is 0.897 bits per heavy atom. The molecule has 5 heterocycles. The molecular weight excluding hydrogens is 721 g/mol. The molecule has 0 aromatic carbocycles. The largest absolute Gasteiger partial charge is 0.507 e. The van der Waals surface area contributed by atoms with Crippen molar-refractivity contribution < 1.29 is 19.7 Å².